The highest BCUT2D eigenvalue weighted by molar-refractivity contribution is 6.33. The fourth-order valence-corrected chi connectivity index (χ4v) is 5.52. The molecule has 1 aromatic carbocycles. The van der Waals surface area contributed by atoms with Crippen LogP contribution in [0.4, 0.5) is 0 Å². The van der Waals surface area contributed by atoms with E-state index in [0.29, 0.717) is 41.2 Å². The van der Waals surface area contributed by atoms with Crippen LogP contribution in [0.3, 0.4) is 0 Å². The molecule has 37 heavy (non-hydrogen) atoms. The van der Waals surface area contributed by atoms with E-state index in [-0.39, 0.29) is 19.1 Å². The monoisotopic (exact) mass is 525 g/mol. The lowest BCUT2D eigenvalue weighted by atomic mass is 9.99. The predicted molar refractivity (Wildman–Crippen MR) is 137 cm³/mol. The maximum atomic E-state index is 12.6. The Morgan fingerprint density at radius 3 is 2.97 bits per heavy atom. The van der Waals surface area contributed by atoms with Gasteiger partial charge in [0.2, 0.25) is 0 Å². The highest BCUT2D eigenvalue weighted by atomic mass is 35.5. The summed E-state index contributed by atoms with van der Waals surface area (Å²) in [5.74, 6) is 1.60. The number of fused-ring (bicyclic) bond motifs is 1. The van der Waals surface area contributed by atoms with Gasteiger partial charge in [-0.2, -0.15) is 0 Å². The van der Waals surface area contributed by atoms with Gasteiger partial charge >= 0.3 is 0 Å². The van der Waals surface area contributed by atoms with Crippen molar-refractivity contribution < 1.29 is 19.1 Å². The topological polar surface area (TPSA) is 114 Å². The maximum Gasteiger partial charge on any atom is 0.270 e. The second-order valence-electron chi connectivity index (χ2n) is 9.87. The van der Waals surface area contributed by atoms with Crippen LogP contribution in [0.5, 0.6) is 5.75 Å². The van der Waals surface area contributed by atoms with Crippen LogP contribution >= 0.6 is 11.6 Å². The van der Waals surface area contributed by atoms with Gasteiger partial charge in [-0.05, 0) is 42.0 Å². The number of nitrogens with zero attached hydrogens (tertiary/aromatic N) is 4. The number of hydrogen-bond donors (Lipinski definition) is 2. The molecule has 3 aromatic rings. The van der Waals surface area contributed by atoms with E-state index >= 15 is 0 Å². The second-order valence-corrected chi connectivity index (χ2v) is 10.2. The summed E-state index contributed by atoms with van der Waals surface area (Å²) in [6, 6.07) is 5.64. The Morgan fingerprint density at radius 1 is 1.30 bits per heavy atom. The number of ether oxygens (including phenoxy) is 1. The average molecular weight is 526 g/mol. The van der Waals surface area contributed by atoms with Crippen LogP contribution < -0.4 is 10.1 Å². The van der Waals surface area contributed by atoms with Gasteiger partial charge < -0.3 is 19.6 Å². The van der Waals surface area contributed by atoms with E-state index < -0.39 is 6.10 Å². The van der Waals surface area contributed by atoms with Gasteiger partial charge in [-0.15, -0.1) is 0 Å². The number of hydrogen-bond acceptors (Lipinski definition) is 8. The van der Waals surface area contributed by atoms with Crippen molar-refractivity contribution >= 4 is 17.5 Å². The van der Waals surface area contributed by atoms with Crippen molar-refractivity contribution in [1.82, 2.24) is 25.2 Å². The largest absolute Gasteiger partial charge is 0.484 e. The van der Waals surface area contributed by atoms with E-state index in [1.165, 1.54) is 38.4 Å². The molecule has 2 aliphatic rings. The number of aliphatic hydroxyl groups excluding tert-OH is 1. The average Bonchev–Trinajstić information content (AvgIpc) is 3.62. The Hall–Kier alpha value is -3.01. The third kappa shape index (κ3) is 6.66. The highest BCUT2D eigenvalue weighted by Crippen LogP contribution is 2.34. The molecule has 196 valence electrons. The van der Waals surface area contributed by atoms with E-state index in [1.807, 2.05) is 12.1 Å². The Morgan fingerprint density at radius 2 is 2.16 bits per heavy atom. The van der Waals surface area contributed by atoms with E-state index in [0.717, 1.165) is 36.2 Å². The summed E-state index contributed by atoms with van der Waals surface area (Å²) in [6.45, 7) is 2.27. The summed E-state index contributed by atoms with van der Waals surface area (Å²) in [7, 11) is 0. The number of carbonyl (C=O) groups excluding carboxylic acids is 1. The van der Waals surface area contributed by atoms with Gasteiger partial charge in [0.15, 0.2) is 12.2 Å². The van der Waals surface area contributed by atoms with Gasteiger partial charge in [0, 0.05) is 31.9 Å². The molecule has 5 rings (SSSR count). The molecule has 1 fully saturated rings. The molecule has 1 aliphatic heterocycles. The van der Waals surface area contributed by atoms with Crippen LogP contribution in [-0.4, -0.2) is 56.6 Å². The molecule has 0 saturated heterocycles. The summed E-state index contributed by atoms with van der Waals surface area (Å²) < 4.78 is 11.0. The summed E-state index contributed by atoms with van der Waals surface area (Å²) in [4.78, 5) is 27.1. The number of rotatable bonds is 10. The molecule has 1 atom stereocenters. The third-order valence-corrected chi connectivity index (χ3v) is 7.54. The summed E-state index contributed by atoms with van der Waals surface area (Å²) in [5.41, 5.74) is 3.42. The molecule has 2 N–H and O–H groups in total. The molecule has 0 unspecified atom stereocenters. The minimum atomic E-state index is -0.703. The van der Waals surface area contributed by atoms with Gasteiger partial charge in [0.1, 0.15) is 24.4 Å². The van der Waals surface area contributed by atoms with Crippen LogP contribution in [0.25, 0.3) is 0 Å². The lowest BCUT2D eigenvalue weighted by molar-refractivity contribution is 0.0837. The number of oxazole rings is 1. The molecular formula is C27H32ClN5O4. The van der Waals surface area contributed by atoms with Crippen molar-refractivity contribution in [2.45, 2.75) is 57.8 Å². The number of halogens is 1. The smallest absolute Gasteiger partial charge is 0.270 e. The van der Waals surface area contributed by atoms with E-state index in [4.69, 9.17) is 20.8 Å². The van der Waals surface area contributed by atoms with Gasteiger partial charge in [-0.3, -0.25) is 9.69 Å². The third-order valence-electron chi connectivity index (χ3n) is 7.13. The number of carbonyl (C=O) groups is 1. The molecule has 1 aliphatic carbocycles. The van der Waals surface area contributed by atoms with E-state index in [1.54, 1.807) is 12.3 Å². The predicted octanol–water partition coefficient (Wildman–Crippen LogP) is 3.58. The quantitative estimate of drug-likeness (QED) is 0.413. The maximum absolute atomic E-state index is 12.6. The van der Waals surface area contributed by atoms with Gasteiger partial charge in [0.05, 0.1) is 17.3 Å². The molecule has 2 aromatic heterocycles. The van der Waals surface area contributed by atoms with E-state index in [2.05, 4.69) is 25.2 Å². The zero-order chi connectivity index (χ0) is 25.6. The number of aromatic nitrogens is 3. The molecule has 10 heteroatoms. The van der Waals surface area contributed by atoms with Crippen molar-refractivity contribution in [2.24, 2.45) is 5.92 Å². The van der Waals surface area contributed by atoms with Crippen LogP contribution in [-0.2, 0) is 26.0 Å². The normalized spacial score (nSPS) is 16.9. The number of amides is 1. The minimum absolute atomic E-state index is 0.152. The summed E-state index contributed by atoms with van der Waals surface area (Å²) in [6.07, 6.45) is 10.4. The van der Waals surface area contributed by atoms with Crippen LogP contribution in [0, 0.1) is 5.92 Å². The van der Waals surface area contributed by atoms with Crippen molar-refractivity contribution in [3.63, 3.8) is 0 Å². The van der Waals surface area contributed by atoms with Crippen LogP contribution in [0.1, 0.15) is 58.8 Å². The molecule has 9 nitrogen and oxygen atoms in total. The summed E-state index contributed by atoms with van der Waals surface area (Å²) >= 11 is 6.62. The SMILES string of the molecule is O=C(NC[C@H](O)CN1CCc2c(ccc(OCc3cnco3)c2Cl)C1)c1cc(CC2CCCC2)ncn1. The molecule has 0 spiro atoms. The number of β-amino-alcohol motifs (C(OH)–C–C–N with tert-alkyl or cyclic N) is 1. The first-order valence-corrected chi connectivity index (χ1v) is 13.2. The molecule has 0 bridgehead atoms. The van der Waals surface area contributed by atoms with Gasteiger partial charge in [0.25, 0.3) is 5.91 Å². The van der Waals surface area contributed by atoms with Crippen molar-refractivity contribution in [3.05, 3.63) is 70.4 Å². The fourth-order valence-electron chi connectivity index (χ4n) is 5.18. The van der Waals surface area contributed by atoms with Gasteiger partial charge in [-0.1, -0.05) is 43.4 Å². The Labute approximate surface area is 221 Å². The van der Waals surface area contributed by atoms with E-state index in [9.17, 15) is 9.90 Å². The van der Waals surface area contributed by atoms with Crippen molar-refractivity contribution in [3.8, 4) is 5.75 Å². The van der Waals surface area contributed by atoms with Crippen LogP contribution in [0.15, 0.2) is 41.5 Å². The lowest BCUT2D eigenvalue weighted by Gasteiger charge is -2.31. The zero-order valence-electron chi connectivity index (χ0n) is 20.7. The molecular weight excluding hydrogens is 494 g/mol. The second kappa shape index (κ2) is 12.0. The summed E-state index contributed by atoms with van der Waals surface area (Å²) in [5, 5.41) is 14.0. The molecule has 3 heterocycles. The van der Waals surface area contributed by atoms with Crippen molar-refractivity contribution in [1.29, 1.82) is 0 Å². The molecule has 1 saturated carbocycles. The standard InChI is InChI=1S/C27H32ClN5O4/c28-26-23-7-8-33(13-19(23)5-6-25(26)36-15-22-12-29-17-37-22)14-21(34)11-30-27(35)24-10-20(31-16-32-24)9-18-3-1-2-4-18/h5-6,10,12,16-18,21,34H,1-4,7-9,11,13-15H2,(H,30,35)/t21-/m0/s1. The van der Waals surface area contributed by atoms with Crippen LogP contribution in [0.2, 0.25) is 5.02 Å². The number of aliphatic hydroxyl groups is 1. The lowest BCUT2D eigenvalue weighted by Crippen LogP contribution is -2.42. The number of nitrogens with one attached hydrogen (secondary N) is 1. The highest BCUT2D eigenvalue weighted by Gasteiger charge is 2.23. The minimum Gasteiger partial charge on any atom is -0.484 e. The first kappa shape index (κ1) is 25.6. The van der Waals surface area contributed by atoms with Crippen molar-refractivity contribution in [2.75, 3.05) is 19.6 Å². The molecule has 0 radical (unpaired) electrons. The fraction of sp³-hybridized carbons (Fsp3) is 0.481. The Kier molecular flexibility index (Phi) is 8.33. The number of benzene rings is 1. The zero-order valence-corrected chi connectivity index (χ0v) is 21.5. The first-order valence-electron chi connectivity index (χ1n) is 12.8. The Balaban J connectivity index is 1.10. The Bertz CT molecular complexity index is 1200. The van der Waals surface area contributed by atoms with Gasteiger partial charge in [-0.25, -0.2) is 15.0 Å². The first-order chi connectivity index (χ1) is 18.0. The molecule has 1 amide bonds.